The quantitative estimate of drug-likeness (QED) is 0.123. The van der Waals surface area contributed by atoms with E-state index in [1.165, 1.54) is 35.3 Å². The van der Waals surface area contributed by atoms with Gasteiger partial charge in [-0.3, -0.25) is 9.78 Å². The molecule has 4 aromatic rings. The summed E-state index contributed by atoms with van der Waals surface area (Å²) in [4.78, 5) is 22.0. The van der Waals surface area contributed by atoms with Crippen molar-refractivity contribution in [3.63, 3.8) is 0 Å². The van der Waals surface area contributed by atoms with Gasteiger partial charge in [-0.25, -0.2) is 8.42 Å². The number of carbonyl (C=O) groups is 1. The Morgan fingerprint density at radius 2 is 1.53 bits per heavy atom. The predicted molar refractivity (Wildman–Crippen MR) is 199 cm³/mol. The monoisotopic (exact) mass is 750 g/mol. The Balaban J connectivity index is 1.13. The molecule has 0 unspecified atom stereocenters. The maximum atomic E-state index is 14.4. The first kappa shape index (κ1) is 37.4. The molecule has 51 heavy (non-hydrogen) atoms. The van der Waals surface area contributed by atoms with Crippen molar-refractivity contribution in [3.05, 3.63) is 130 Å². The Kier molecular flexibility index (Phi) is 12.8. The zero-order chi connectivity index (χ0) is 35.7. The molecule has 1 amide bonds. The highest BCUT2D eigenvalue weighted by molar-refractivity contribution is 7.89. The molecule has 0 saturated carbocycles. The number of carbonyl (C=O) groups excluding carboxylic acids is 1. The molecule has 0 atom stereocenters. The Morgan fingerprint density at radius 3 is 2.14 bits per heavy atom. The second kappa shape index (κ2) is 17.4. The van der Waals surface area contributed by atoms with E-state index in [2.05, 4.69) is 16.0 Å². The number of piperidine rings is 1. The Hall–Kier alpha value is -3.35. The number of rotatable bonds is 15. The summed E-state index contributed by atoms with van der Waals surface area (Å²) in [5.41, 5.74) is 2.08. The lowest BCUT2D eigenvalue weighted by Crippen LogP contribution is -2.48. The molecule has 0 aliphatic carbocycles. The van der Waals surface area contributed by atoms with Gasteiger partial charge in [0.25, 0.3) is 0 Å². The first-order valence-corrected chi connectivity index (χ1v) is 19.7. The van der Waals surface area contributed by atoms with Gasteiger partial charge in [-0.2, -0.15) is 4.31 Å². The molecule has 0 N–H and O–H groups in total. The molecule has 2 aliphatic rings. The van der Waals surface area contributed by atoms with Crippen LogP contribution in [0.2, 0.25) is 10.0 Å². The van der Waals surface area contributed by atoms with E-state index in [1.54, 1.807) is 11.1 Å². The van der Waals surface area contributed by atoms with Crippen molar-refractivity contribution in [2.75, 3.05) is 59.1 Å². The molecule has 2 saturated heterocycles. The summed E-state index contributed by atoms with van der Waals surface area (Å²) in [6.07, 6.45) is 7.39. The highest BCUT2D eigenvalue weighted by atomic mass is 35.5. The number of ether oxygens (including phenoxy) is 2. The van der Waals surface area contributed by atoms with Crippen molar-refractivity contribution in [2.45, 2.75) is 42.2 Å². The molecule has 0 bridgehead atoms. The van der Waals surface area contributed by atoms with Crippen LogP contribution in [0.5, 0.6) is 0 Å². The molecule has 6 rings (SSSR count). The van der Waals surface area contributed by atoms with Crippen LogP contribution in [0.1, 0.15) is 48.4 Å². The van der Waals surface area contributed by atoms with Crippen LogP contribution < -0.4 is 0 Å². The fourth-order valence-corrected chi connectivity index (χ4v) is 9.38. The van der Waals surface area contributed by atoms with E-state index < -0.39 is 21.7 Å². The number of aromatic nitrogens is 1. The number of likely N-dealkylation sites (tertiary alicyclic amines) is 2. The second-order valence-corrected chi connectivity index (χ2v) is 15.7. The van der Waals surface area contributed by atoms with E-state index >= 15 is 0 Å². The van der Waals surface area contributed by atoms with Crippen LogP contribution in [0.15, 0.2) is 108 Å². The number of amides is 1. The number of sulfonamides is 1. The van der Waals surface area contributed by atoms with Gasteiger partial charge in [-0.1, -0.05) is 89.9 Å². The van der Waals surface area contributed by atoms with Crippen LogP contribution >= 0.6 is 23.2 Å². The number of hydrogen-bond donors (Lipinski definition) is 0. The van der Waals surface area contributed by atoms with Gasteiger partial charge in [-0.15, -0.1) is 0 Å². The van der Waals surface area contributed by atoms with E-state index in [9.17, 15) is 13.2 Å². The summed E-state index contributed by atoms with van der Waals surface area (Å²) >= 11 is 12.6. The molecule has 3 heterocycles. The van der Waals surface area contributed by atoms with Gasteiger partial charge in [-0.05, 0) is 74.2 Å². The van der Waals surface area contributed by atoms with Gasteiger partial charge in [0.2, 0.25) is 15.9 Å². The first-order valence-electron chi connectivity index (χ1n) is 17.5. The summed E-state index contributed by atoms with van der Waals surface area (Å²) in [5, 5.41) is 0.356. The molecule has 2 fully saturated rings. The fraction of sp³-hybridized carbons (Fsp3) is 0.385. The third-order valence-corrected chi connectivity index (χ3v) is 12.4. The van der Waals surface area contributed by atoms with Gasteiger partial charge in [0.1, 0.15) is 11.5 Å². The van der Waals surface area contributed by atoms with Crippen molar-refractivity contribution in [1.29, 1.82) is 0 Å². The van der Waals surface area contributed by atoms with Gasteiger partial charge in [0, 0.05) is 49.2 Å². The summed E-state index contributed by atoms with van der Waals surface area (Å²) < 4.78 is 42.8. The van der Waals surface area contributed by atoms with Crippen LogP contribution in [-0.2, 0) is 29.9 Å². The van der Waals surface area contributed by atoms with Crippen molar-refractivity contribution in [2.24, 2.45) is 0 Å². The van der Waals surface area contributed by atoms with Gasteiger partial charge in [0.15, 0.2) is 0 Å². The summed E-state index contributed by atoms with van der Waals surface area (Å²) in [6.45, 7) is 4.56. The number of pyridine rings is 1. The molecule has 270 valence electrons. The van der Waals surface area contributed by atoms with Crippen LogP contribution in [0.4, 0.5) is 0 Å². The van der Waals surface area contributed by atoms with Crippen molar-refractivity contribution >= 4 is 39.1 Å². The van der Waals surface area contributed by atoms with E-state index in [0.29, 0.717) is 37.6 Å². The Labute approximate surface area is 311 Å². The molecule has 3 aromatic carbocycles. The van der Waals surface area contributed by atoms with E-state index in [1.807, 2.05) is 72.9 Å². The Morgan fingerprint density at radius 1 is 0.863 bits per heavy atom. The standard InChI is InChI=1S/C39H44Cl2N4O5S/c40-34-15-16-36(35(41)28-34)51(47,48)45(38(31-10-3-1-4-11-31)32-12-5-2-6-13-32)25-26-49-30-37(46)44-22-17-39(18-23-44,33-14-9-19-42-29-33)50-27-24-43-20-7-8-21-43/h1-6,9-16,19,28-29,38H,7-8,17-18,20-27,30H2. The zero-order valence-electron chi connectivity index (χ0n) is 28.6. The van der Waals surface area contributed by atoms with Crippen molar-refractivity contribution in [3.8, 4) is 0 Å². The lowest BCUT2D eigenvalue weighted by atomic mass is 9.85. The first-order chi connectivity index (χ1) is 24.8. The van der Waals surface area contributed by atoms with Crippen LogP contribution in [0, 0.1) is 0 Å². The van der Waals surface area contributed by atoms with Crippen molar-refractivity contribution in [1.82, 2.24) is 19.1 Å². The minimum absolute atomic E-state index is 0.0145. The average Bonchev–Trinajstić information content (AvgIpc) is 3.67. The van der Waals surface area contributed by atoms with Crippen LogP contribution in [-0.4, -0.2) is 92.5 Å². The molecule has 0 radical (unpaired) electrons. The highest BCUT2D eigenvalue weighted by Gasteiger charge is 2.39. The van der Waals surface area contributed by atoms with Gasteiger partial charge < -0.3 is 19.3 Å². The summed E-state index contributed by atoms with van der Waals surface area (Å²) in [5.74, 6) is -0.148. The summed E-state index contributed by atoms with van der Waals surface area (Å²) in [6, 6.07) is 26.5. The number of halogens is 2. The normalized spacial score (nSPS) is 16.6. The van der Waals surface area contributed by atoms with E-state index in [-0.39, 0.29) is 35.6 Å². The molecule has 1 aromatic heterocycles. The molecule has 12 heteroatoms. The van der Waals surface area contributed by atoms with E-state index in [4.69, 9.17) is 32.7 Å². The van der Waals surface area contributed by atoms with Gasteiger partial charge >= 0.3 is 0 Å². The van der Waals surface area contributed by atoms with E-state index in [0.717, 1.165) is 36.3 Å². The number of nitrogens with zero attached hydrogens (tertiary/aromatic N) is 4. The molecule has 9 nitrogen and oxygen atoms in total. The molecular weight excluding hydrogens is 707 g/mol. The smallest absolute Gasteiger partial charge is 0.248 e. The SMILES string of the molecule is O=C(COCCN(C(c1ccccc1)c1ccccc1)S(=O)(=O)c1ccc(Cl)cc1Cl)N1CCC(OCCN2CCCC2)(c2cccnc2)CC1. The molecule has 2 aliphatic heterocycles. The molecular formula is C39H44Cl2N4O5S. The topological polar surface area (TPSA) is 92.3 Å². The number of benzene rings is 3. The maximum absolute atomic E-state index is 14.4. The predicted octanol–water partition coefficient (Wildman–Crippen LogP) is 6.82. The maximum Gasteiger partial charge on any atom is 0.248 e. The second-order valence-electron chi connectivity index (χ2n) is 13.0. The van der Waals surface area contributed by atoms with Crippen LogP contribution in [0.25, 0.3) is 0 Å². The summed E-state index contributed by atoms with van der Waals surface area (Å²) in [7, 11) is -4.17. The third-order valence-electron chi connectivity index (χ3n) is 9.78. The lowest BCUT2D eigenvalue weighted by Gasteiger charge is -2.42. The minimum atomic E-state index is -4.17. The minimum Gasteiger partial charge on any atom is -0.370 e. The van der Waals surface area contributed by atoms with Gasteiger partial charge in [0.05, 0.1) is 29.9 Å². The third kappa shape index (κ3) is 9.18. The highest BCUT2D eigenvalue weighted by Crippen LogP contribution is 2.38. The number of hydrogen-bond acceptors (Lipinski definition) is 7. The molecule has 0 spiro atoms. The lowest BCUT2D eigenvalue weighted by molar-refractivity contribution is -0.144. The average molecular weight is 752 g/mol. The van der Waals surface area contributed by atoms with Crippen LogP contribution in [0.3, 0.4) is 0 Å². The fourth-order valence-electron chi connectivity index (χ4n) is 7.04. The Bertz CT molecular complexity index is 1780. The largest absolute Gasteiger partial charge is 0.370 e. The van der Waals surface area contributed by atoms with Crippen molar-refractivity contribution < 1.29 is 22.7 Å². The zero-order valence-corrected chi connectivity index (χ0v) is 30.9.